The van der Waals surface area contributed by atoms with Gasteiger partial charge in [-0.05, 0) is 18.6 Å². The van der Waals surface area contributed by atoms with Crippen molar-refractivity contribution in [3.8, 4) is 0 Å². The fourth-order valence-corrected chi connectivity index (χ4v) is 2.37. The van der Waals surface area contributed by atoms with Gasteiger partial charge in [0, 0.05) is 13.5 Å². The summed E-state index contributed by atoms with van der Waals surface area (Å²) >= 11 is 0. The van der Waals surface area contributed by atoms with Gasteiger partial charge in [0.25, 0.3) is 0 Å². The zero-order valence-electron chi connectivity index (χ0n) is 12.8. The molecular weight excluding hydrogens is 268 g/mol. The normalized spacial score (nSPS) is 12.9. The number of benzene rings is 1. The summed E-state index contributed by atoms with van der Waals surface area (Å²) in [6.45, 7) is 3.99. The Morgan fingerprint density at radius 3 is 2.86 bits per heavy atom. The van der Waals surface area contributed by atoms with E-state index >= 15 is 0 Å². The number of para-hydroxylation sites is 2. The van der Waals surface area contributed by atoms with Crippen molar-refractivity contribution in [1.29, 1.82) is 0 Å². The van der Waals surface area contributed by atoms with Gasteiger partial charge in [-0.2, -0.15) is 0 Å². The molecule has 5 heteroatoms. The Hall–Kier alpha value is -1.43. The second-order valence-corrected chi connectivity index (χ2v) is 5.10. The first-order valence-corrected chi connectivity index (χ1v) is 7.45. The van der Waals surface area contributed by atoms with E-state index in [1.54, 1.807) is 7.11 Å². The summed E-state index contributed by atoms with van der Waals surface area (Å²) in [6.07, 6.45) is 1.39. The Bertz CT molecular complexity index is 553. The SMILES string of the molecule is CCCc1nc2ccccc2n1CC(O)COCCOC. The standard InChI is InChI=1S/C16H24N2O3/c1-3-6-16-17-14-7-4-5-8-15(14)18(16)11-13(19)12-21-10-9-20-2/h4-5,7-8,13,19H,3,6,9-12H2,1-2H3. The van der Waals surface area contributed by atoms with Crippen LogP contribution in [0.5, 0.6) is 0 Å². The highest BCUT2D eigenvalue weighted by Gasteiger charge is 2.13. The molecule has 0 saturated carbocycles. The summed E-state index contributed by atoms with van der Waals surface area (Å²) in [6, 6.07) is 8.03. The molecule has 5 nitrogen and oxygen atoms in total. The number of methoxy groups -OCH3 is 1. The summed E-state index contributed by atoms with van der Waals surface area (Å²) in [5.41, 5.74) is 2.05. The minimum absolute atomic E-state index is 0.307. The van der Waals surface area contributed by atoms with E-state index in [9.17, 15) is 5.11 Å². The van der Waals surface area contributed by atoms with Crippen LogP contribution in [-0.2, 0) is 22.4 Å². The van der Waals surface area contributed by atoms with E-state index < -0.39 is 6.10 Å². The third kappa shape index (κ3) is 4.27. The van der Waals surface area contributed by atoms with Crippen LogP contribution in [0.25, 0.3) is 11.0 Å². The van der Waals surface area contributed by atoms with Gasteiger partial charge in [-0.25, -0.2) is 4.98 Å². The molecule has 0 aliphatic heterocycles. The maximum atomic E-state index is 10.2. The van der Waals surface area contributed by atoms with Crippen LogP contribution in [-0.4, -0.2) is 47.7 Å². The van der Waals surface area contributed by atoms with Crippen molar-refractivity contribution in [3.05, 3.63) is 30.1 Å². The number of aromatic nitrogens is 2. The lowest BCUT2D eigenvalue weighted by Gasteiger charge is -2.15. The quantitative estimate of drug-likeness (QED) is 0.718. The molecule has 2 aromatic rings. The van der Waals surface area contributed by atoms with Gasteiger partial charge in [-0.15, -0.1) is 0 Å². The fraction of sp³-hybridized carbons (Fsp3) is 0.562. The van der Waals surface area contributed by atoms with Crippen LogP contribution in [0.1, 0.15) is 19.2 Å². The zero-order valence-corrected chi connectivity index (χ0v) is 12.8. The second-order valence-electron chi connectivity index (χ2n) is 5.10. The molecule has 2 rings (SSSR count). The first-order chi connectivity index (χ1) is 10.3. The number of aryl methyl sites for hydroxylation is 1. The van der Waals surface area contributed by atoms with Crippen molar-refractivity contribution < 1.29 is 14.6 Å². The highest BCUT2D eigenvalue weighted by Crippen LogP contribution is 2.17. The zero-order chi connectivity index (χ0) is 15.1. The number of rotatable bonds is 9. The molecule has 0 fully saturated rings. The highest BCUT2D eigenvalue weighted by molar-refractivity contribution is 5.75. The monoisotopic (exact) mass is 292 g/mol. The van der Waals surface area contributed by atoms with Crippen LogP contribution in [0.2, 0.25) is 0 Å². The Morgan fingerprint density at radius 2 is 2.10 bits per heavy atom. The Balaban J connectivity index is 2.06. The lowest BCUT2D eigenvalue weighted by atomic mass is 10.3. The van der Waals surface area contributed by atoms with Crippen LogP contribution in [0.15, 0.2) is 24.3 Å². The van der Waals surface area contributed by atoms with Crippen molar-refractivity contribution >= 4 is 11.0 Å². The van der Waals surface area contributed by atoms with Crippen molar-refractivity contribution in [2.75, 3.05) is 26.9 Å². The molecule has 21 heavy (non-hydrogen) atoms. The van der Waals surface area contributed by atoms with Gasteiger partial charge < -0.3 is 19.1 Å². The van der Waals surface area contributed by atoms with Gasteiger partial charge in [0.15, 0.2) is 0 Å². The molecule has 1 aromatic carbocycles. The largest absolute Gasteiger partial charge is 0.389 e. The molecule has 0 bridgehead atoms. The first kappa shape index (κ1) is 15.9. The van der Waals surface area contributed by atoms with Gasteiger partial charge in [0.2, 0.25) is 0 Å². The predicted octanol–water partition coefficient (Wildman–Crippen LogP) is 2.01. The second kappa shape index (κ2) is 8.12. The van der Waals surface area contributed by atoms with Crippen LogP contribution in [0.3, 0.4) is 0 Å². The summed E-state index contributed by atoms with van der Waals surface area (Å²) in [5, 5.41) is 10.2. The fourth-order valence-electron chi connectivity index (χ4n) is 2.37. The molecule has 0 aliphatic rings. The topological polar surface area (TPSA) is 56.5 Å². The number of nitrogens with zero attached hydrogens (tertiary/aromatic N) is 2. The van der Waals surface area contributed by atoms with Gasteiger partial charge >= 0.3 is 0 Å². The molecule has 0 spiro atoms. The Morgan fingerprint density at radius 1 is 1.29 bits per heavy atom. The number of imidazole rings is 1. The van der Waals surface area contributed by atoms with Crippen LogP contribution < -0.4 is 0 Å². The minimum atomic E-state index is -0.546. The molecule has 1 aromatic heterocycles. The molecule has 0 aliphatic carbocycles. The van der Waals surface area contributed by atoms with E-state index in [2.05, 4.69) is 16.5 Å². The predicted molar refractivity (Wildman–Crippen MR) is 82.4 cm³/mol. The molecule has 0 saturated heterocycles. The maximum absolute atomic E-state index is 10.2. The number of hydrogen-bond donors (Lipinski definition) is 1. The lowest BCUT2D eigenvalue weighted by molar-refractivity contribution is 0.00735. The van der Waals surface area contributed by atoms with E-state index in [0.717, 1.165) is 29.7 Å². The van der Waals surface area contributed by atoms with E-state index in [0.29, 0.717) is 26.4 Å². The Labute approximate surface area is 125 Å². The minimum Gasteiger partial charge on any atom is -0.389 e. The van der Waals surface area contributed by atoms with Crippen LogP contribution >= 0.6 is 0 Å². The van der Waals surface area contributed by atoms with E-state index in [1.807, 2.05) is 24.3 Å². The molecule has 1 heterocycles. The van der Waals surface area contributed by atoms with Crippen molar-refractivity contribution in [3.63, 3.8) is 0 Å². The highest BCUT2D eigenvalue weighted by atomic mass is 16.5. The lowest BCUT2D eigenvalue weighted by Crippen LogP contribution is -2.24. The molecular formula is C16H24N2O3. The van der Waals surface area contributed by atoms with Crippen LogP contribution in [0.4, 0.5) is 0 Å². The van der Waals surface area contributed by atoms with E-state index in [1.165, 1.54) is 0 Å². The molecule has 1 unspecified atom stereocenters. The van der Waals surface area contributed by atoms with Crippen molar-refractivity contribution in [1.82, 2.24) is 9.55 Å². The summed E-state index contributed by atoms with van der Waals surface area (Å²) in [4.78, 5) is 4.66. The van der Waals surface area contributed by atoms with Crippen LogP contribution in [0, 0.1) is 0 Å². The number of aliphatic hydroxyl groups is 1. The number of ether oxygens (including phenoxy) is 2. The first-order valence-electron chi connectivity index (χ1n) is 7.45. The van der Waals surface area contributed by atoms with Gasteiger partial charge in [-0.1, -0.05) is 19.1 Å². The summed E-state index contributed by atoms with van der Waals surface area (Å²) in [5.74, 6) is 1.02. The smallest absolute Gasteiger partial charge is 0.109 e. The maximum Gasteiger partial charge on any atom is 0.109 e. The molecule has 1 N–H and O–H groups in total. The van der Waals surface area contributed by atoms with Gasteiger partial charge in [-0.3, -0.25) is 0 Å². The number of aliphatic hydroxyl groups excluding tert-OH is 1. The van der Waals surface area contributed by atoms with Gasteiger partial charge in [0.05, 0.1) is 43.5 Å². The average molecular weight is 292 g/mol. The Kier molecular flexibility index (Phi) is 6.17. The number of hydrogen-bond acceptors (Lipinski definition) is 4. The summed E-state index contributed by atoms with van der Waals surface area (Å²) in [7, 11) is 1.63. The summed E-state index contributed by atoms with van der Waals surface area (Å²) < 4.78 is 12.4. The van der Waals surface area contributed by atoms with E-state index in [4.69, 9.17) is 9.47 Å². The van der Waals surface area contributed by atoms with Gasteiger partial charge in [0.1, 0.15) is 5.82 Å². The molecule has 0 radical (unpaired) electrons. The van der Waals surface area contributed by atoms with E-state index in [-0.39, 0.29) is 0 Å². The third-order valence-corrected chi connectivity index (χ3v) is 3.34. The van der Waals surface area contributed by atoms with Crippen molar-refractivity contribution in [2.45, 2.75) is 32.4 Å². The number of fused-ring (bicyclic) bond motifs is 1. The average Bonchev–Trinajstić information content (AvgIpc) is 2.82. The third-order valence-electron chi connectivity index (χ3n) is 3.34. The van der Waals surface area contributed by atoms with Crippen molar-refractivity contribution in [2.24, 2.45) is 0 Å². The molecule has 0 amide bonds. The molecule has 1 atom stereocenters. The molecule has 116 valence electrons.